The molecule has 0 bridgehead atoms. The molecule has 0 aromatic rings. The van der Waals surface area contributed by atoms with Gasteiger partial charge in [-0.1, -0.05) is 13.8 Å². The van der Waals surface area contributed by atoms with Crippen LogP contribution in [0.5, 0.6) is 0 Å². The van der Waals surface area contributed by atoms with Gasteiger partial charge in [-0.3, -0.25) is 0 Å². The van der Waals surface area contributed by atoms with Crippen LogP contribution in [0.2, 0.25) is 0 Å². The van der Waals surface area contributed by atoms with Crippen molar-refractivity contribution in [3.05, 3.63) is 0 Å². The molecule has 0 aromatic carbocycles. The Morgan fingerprint density at radius 1 is 1.27 bits per heavy atom. The largest absolute Gasteiger partial charge is 0.366 e. The third-order valence-electron chi connectivity index (χ3n) is 4.36. The summed E-state index contributed by atoms with van der Waals surface area (Å²) in [6.45, 7) is 7.08. The Morgan fingerprint density at radius 3 is 2.64 bits per heavy atom. The van der Waals surface area contributed by atoms with Crippen LogP contribution in [0, 0.1) is 17.3 Å². The minimum Gasteiger partial charge on any atom is -0.366 e. The second-order valence-electron chi connectivity index (χ2n) is 5.34. The predicted octanol–water partition coefficient (Wildman–Crippen LogP) is 2.21. The first kappa shape index (κ1) is 6.47. The lowest BCUT2D eigenvalue weighted by Gasteiger charge is -2.09. The van der Waals surface area contributed by atoms with Crippen molar-refractivity contribution >= 4 is 0 Å². The van der Waals surface area contributed by atoms with Crippen LogP contribution < -0.4 is 0 Å². The molecule has 3 fully saturated rings. The molecule has 1 unspecified atom stereocenters. The molecule has 3 aliphatic rings. The predicted molar refractivity (Wildman–Crippen MR) is 43.3 cm³/mol. The highest BCUT2D eigenvalue weighted by Crippen LogP contribution is 2.72. The number of epoxide rings is 1. The quantitative estimate of drug-likeness (QED) is 0.485. The smallest absolute Gasteiger partial charge is 0.0923 e. The van der Waals surface area contributed by atoms with Gasteiger partial charge in [-0.05, 0) is 37.0 Å². The van der Waals surface area contributed by atoms with Gasteiger partial charge >= 0.3 is 0 Å². The van der Waals surface area contributed by atoms with E-state index in [1.807, 2.05) is 0 Å². The summed E-state index contributed by atoms with van der Waals surface area (Å²) in [5, 5.41) is 0. The van der Waals surface area contributed by atoms with Crippen LogP contribution >= 0.6 is 0 Å². The summed E-state index contributed by atoms with van der Waals surface area (Å²) < 4.78 is 5.75. The number of hydrogen-bond acceptors (Lipinski definition) is 1. The standard InChI is InChI=1S/C10H16O/c1-9(2)6-4-5-10(3)8(11-10)7(6)9/h6-8H,4-5H2,1-3H3/t6?,7-,8-,10+/m0/s1. The van der Waals surface area contributed by atoms with Crippen LogP contribution in [-0.2, 0) is 4.74 Å². The summed E-state index contributed by atoms with van der Waals surface area (Å²) in [4.78, 5) is 0. The molecule has 1 heteroatoms. The van der Waals surface area contributed by atoms with Crippen LogP contribution in [0.3, 0.4) is 0 Å². The normalized spacial score (nSPS) is 63.0. The van der Waals surface area contributed by atoms with Crippen molar-refractivity contribution in [1.29, 1.82) is 0 Å². The van der Waals surface area contributed by atoms with Crippen LogP contribution in [0.1, 0.15) is 33.6 Å². The molecule has 2 aliphatic carbocycles. The fourth-order valence-corrected chi connectivity index (χ4v) is 3.29. The van der Waals surface area contributed by atoms with E-state index < -0.39 is 0 Å². The molecule has 0 N–H and O–H groups in total. The van der Waals surface area contributed by atoms with Crippen LogP contribution in [0.4, 0.5) is 0 Å². The average molecular weight is 152 g/mol. The molecule has 1 nitrogen and oxygen atoms in total. The first-order valence-electron chi connectivity index (χ1n) is 4.73. The van der Waals surface area contributed by atoms with Gasteiger partial charge in [0.15, 0.2) is 0 Å². The molecule has 3 rings (SSSR count). The molecule has 1 saturated heterocycles. The Hall–Kier alpha value is -0.0400. The van der Waals surface area contributed by atoms with Gasteiger partial charge in [0, 0.05) is 0 Å². The Labute approximate surface area is 68.1 Å². The molecule has 1 aliphatic heterocycles. The van der Waals surface area contributed by atoms with Crippen molar-refractivity contribution in [2.24, 2.45) is 17.3 Å². The van der Waals surface area contributed by atoms with Gasteiger partial charge in [0.25, 0.3) is 0 Å². The maximum atomic E-state index is 5.75. The third-order valence-corrected chi connectivity index (χ3v) is 4.36. The molecule has 1 heterocycles. The highest BCUT2D eigenvalue weighted by molar-refractivity contribution is 5.21. The van der Waals surface area contributed by atoms with Gasteiger partial charge in [0.1, 0.15) is 0 Å². The minimum absolute atomic E-state index is 0.314. The van der Waals surface area contributed by atoms with E-state index >= 15 is 0 Å². The highest BCUT2D eigenvalue weighted by atomic mass is 16.6. The molecule has 4 atom stereocenters. The molecule has 0 amide bonds. The lowest BCUT2D eigenvalue weighted by Crippen LogP contribution is -2.16. The minimum atomic E-state index is 0.314. The molecule has 0 spiro atoms. The maximum Gasteiger partial charge on any atom is 0.0923 e. The van der Waals surface area contributed by atoms with Crippen molar-refractivity contribution in [3.8, 4) is 0 Å². The highest BCUT2D eigenvalue weighted by Gasteiger charge is 2.74. The van der Waals surface area contributed by atoms with Gasteiger partial charge < -0.3 is 4.74 Å². The summed E-state index contributed by atoms with van der Waals surface area (Å²) in [6.07, 6.45) is 3.35. The lowest BCUT2D eigenvalue weighted by molar-refractivity contribution is 0.286. The van der Waals surface area contributed by atoms with Crippen molar-refractivity contribution in [2.75, 3.05) is 0 Å². The molecule has 62 valence electrons. The number of fused-ring (bicyclic) bond motifs is 3. The van der Waals surface area contributed by atoms with Gasteiger partial charge in [-0.2, -0.15) is 0 Å². The molecule has 0 radical (unpaired) electrons. The number of hydrogen-bond donors (Lipinski definition) is 0. The number of ether oxygens (including phenoxy) is 1. The zero-order valence-corrected chi connectivity index (χ0v) is 7.55. The summed E-state index contributed by atoms with van der Waals surface area (Å²) in [6, 6.07) is 0. The zero-order chi connectivity index (χ0) is 7.85. The van der Waals surface area contributed by atoms with Gasteiger partial charge in [-0.15, -0.1) is 0 Å². The first-order valence-corrected chi connectivity index (χ1v) is 4.73. The molecule has 2 saturated carbocycles. The topological polar surface area (TPSA) is 12.5 Å². The maximum absolute atomic E-state index is 5.75. The summed E-state index contributed by atoms with van der Waals surface area (Å²) >= 11 is 0. The average Bonchev–Trinajstić information content (AvgIpc) is 2.69. The second kappa shape index (κ2) is 1.39. The monoisotopic (exact) mass is 152 g/mol. The molecule has 0 aromatic heterocycles. The fraction of sp³-hybridized carbons (Fsp3) is 1.00. The Kier molecular flexibility index (Phi) is 0.820. The Bertz CT molecular complexity index is 221. The molecule has 11 heavy (non-hydrogen) atoms. The van der Waals surface area contributed by atoms with Crippen molar-refractivity contribution < 1.29 is 4.74 Å². The van der Waals surface area contributed by atoms with Crippen molar-refractivity contribution in [3.63, 3.8) is 0 Å². The molecular weight excluding hydrogens is 136 g/mol. The van der Waals surface area contributed by atoms with E-state index in [0.717, 1.165) is 11.8 Å². The summed E-state index contributed by atoms with van der Waals surface area (Å²) in [7, 11) is 0. The third kappa shape index (κ3) is 0.581. The van der Waals surface area contributed by atoms with Gasteiger partial charge in [0.2, 0.25) is 0 Å². The van der Waals surface area contributed by atoms with E-state index in [1.54, 1.807) is 0 Å². The van der Waals surface area contributed by atoms with Crippen LogP contribution in [0.15, 0.2) is 0 Å². The van der Waals surface area contributed by atoms with Gasteiger partial charge in [-0.25, -0.2) is 0 Å². The van der Waals surface area contributed by atoms with E-state index in [4.69, 9.17) is 4.74 Å². The Balaban J connectivity index is 1.90. The van der Waals surface area contributed by atoms with Crippen LogP contribution in [0.25, 0.3) is 0 Å². The lowest BCUT2D eigenvalue weighted by atomic mass is 9.91. The molecular formula is C10H16O. The van der Waals surface area contributed by atoms with E-state index in [9.17, 15) is 0 Å². The SMILES string of the molecule is CC1(C)C2CC[C@@]3(C)O[C@H]3[C@H]21. The van der Waals surface area contributed by atoms with Gasteiger partial charge in [0.05, 0.1) is 11.7 Å². The zero-order valence-electron chi connectivity index (χ0n) is 7.55. The second-order valence-corrected chi connectivity index (χ2v) is 5.34. The van der Waals surface area contributed by atoms with E-state index in [2.05, 4.69) is 20.8 Å². The summed E-state index contributed by atoms with van der Waals surface area (Å²) in [5.41, 5.74) is 0.924. The first-order chi connectivity index (χ1) is 5.06. The van der Waals surface area contributed by atoms with E-state index in [1.165, 1.54) is 12.8 Å². The number of rotatable bonds is 0. The van der Waals surface area contributed by atoms with Crippen LogP contribution in [-0.4, -0.2) is 11.7 Å². The van der Waals surface area contributed by atoms with Crippen molar-refractivity contribution in [2.45, 2.75) is 45.3 Å². The van der Waals surface area contributed by atoms with E-state index in [0.29, 0.717) is 17.1 Å². The van der Waals surface area contributed by atoms with Crippen molar-refractivity contribution in [1.82, 2.24) is 0 Å². The Morgan fingerprint density at radius 2 is 2.00 bits per heavy atom. The van der Waals surface area contributed by atoms with E-state index in [-0.39, 0.29) is 0 Å². The fourth-order valence-electron chi connectivity index (χ4n) is 3.29. The summed E-state index contributed by atoms with van der Waals surface area (Å²) in [5.74, 6) is 1.89.